The molecular formula is C24H25FN2O3S. The van der Waals surface area contributed by atoms with Crippen molar-refractivity contribution in [3.63, 3.8) is 0 Å². The monoisotopic (exact) mass is 440 g/mol. The molecule has 0 radical (unpaired) electrons. The second-order valence-corrected chi connectivity index (χ2v) is 9.64. The standard InChI is InChI=1S/C24H25FN2O3S/c25-15-6-8-16(9-7-15)26-20(28)14-31-19-5-2-1-4-17(19)23(29)27-21-18-10-13-30-22(18)24(21)11-3-12-24/h1-2,4-9,18,21-22H,3,10-14H2,(H,26,28)(H,27,29). The number of rotatable bonds is 6. The molecule has 1 aliphatic heterocycles. The van der Waals surface area contributed by atoms with Crippen molar-refractivity contribution in [2.75, 3.05) is 17.7 Å². The Morgan fingerprint density at radius 1 is 1.13 bits per heavy atom. The zero-order valence-electron chi connectivity index (χ0n) is 17.1. The Hall–Kier alpha value is -2.38. The predicted octanol–water partition coefficient (Wildman–Crippen LogP) is 4.24. The highest BCUT2D eigenvalue weighted by Gasteiger charge is 2.66. The van der Waals surface area contributed by atoms with Gasteiger partial charge in [0, 0.05) is 34.6 Å². The maximum Gasteiger partial charge on any atom is 0.252 e. The Bertz CT molecular complexity index is 993. The van der Waals surface area contributed by atoms with Crippen molar-refractivity contribution < 1.29 is 18.7 Å². The molecule has 1 saturated heterocycles. The molecule has 0 bridgehead atoms. The number of amides is 2. The molecule has 31 heavy (non-hydrogen) atoms. The summed E-state index contributed by atoms with van der Waals surface area (Å²) in [5.41, 5.74) is 1.27. The van der Waals surface area contributed by atoms with E-state index in [0.717, 1.165) is 30.8 Å². The molecule has 3 aliphatic rings. The molecule has 3 unspecified atom stereocenters. The lowest BCUT2D eigenvalue weighted by Crippen LogP contribution is -2.71. The second kappa shape index (κ2) is 8.28. The summed E-state index contributed by atoms with van der Waals surface area (Å²) < 4.78 is 19.0. The smallest absolute Gasteiger partial charge is 0.252 e. The molecule has 3 atom stereocenters. The van der Waals surface area contributed by atoms with E-state index in [4.69, 9.17) is 4.74 Å². The number of thioether (sulfide) groups is 1. The number of hydrogen-bond donors (Lipinski definition) is 2. The molecule has 1 heterocycles. The van der Waals surface area contributed by atoms with E-state index < -0.39 is 0 Å². The maximum atomic E-state index is 13.2. The van der Waals surface area contributed by atoms with E-state index in [9.17, 15) is 14.0 Å². The fourth-order valence-electron chi connectivity index (χ4n) is 5.33. The van der Waals surface area contributed by atoms with Crippen LogP contribution in [0.2, 0.25) is 0 Å². The highest BCUT2D eigenvalue weighted by Crippen LogP contribution is 2.62. The van der Waals surface area contributed by atoms with Crippen molar-refractivity contribution in [3.8, 4) is 0 Å². The van der Waals surface area contributed by atoms with E-state index in [2.05, 4.69) is 10.6 Å². The number of ether oxygens (including phenoxy) is 1. The van der Waals surface area contributed by atoms with Crippen molar-refractivity contribution in [2.24, 2.45) is 11.3 Å². The van der Waals surface area contributed by atoms with Crippen molar-refractivity contribution >= 4 is 29.3 Å². The number of anilines is 1. The molecule has 2 saturated carbocycles. The molecule has 2 N–H and O–H groups in total. The first kappa shape index (κ1) is 20.5. The van der Waals surface area contributed by atoms with Crippen LogP contribution >= 0.6 is 11.8 Å². The average Bonchev–Trinajstić information content (AvgIpc) is 3.16. The summed E-state index contributed by atoms with van der Waals surface area (Å²) in [5, 5.41) is 6.05. The number of nitrogens with one attached hydrogen (secondary N) is 2. The number of halogens is 1. The van der Waals surface area contributed by atoms with E-state index in [-0.39, 0.29) is 34.8 Å². The first-order valence-corrected chi connectivity index (χ1v) is 11.8. The van der Waals surface area contributed by atoms with Crippen LogP contribution in [0.15, 0.2) is 53.4 Å². The van der Waals surface area contributed by atoms with Gasteiger partial charge in [-0.15, -0.1) is 11.8 Å². The number of hydrogen-bond acceptors (Lipinski definition) is 4. The van der Waals surface area contributed by atoms with Gasteiger partial charge >= 0.3 is 0 Å². The molecule has 162 valence electrons. The molecule has 5 nitrogen and oxygen atoms in total. The fourth-order valence-corrected chi connectivity index (χ4v) is 6.18. The Labute approximate surface area is 185 Å². The molecule has 3 fully saturated rings. The zero-order chi connectivity index (χ0) is 21.4. The lowest BCUT2D eigenvalue weighted by atomic mass is 9.46. The quantitative estimate of drug-likeness (QED) is 0.660. The minimum absolute atomic E-state index is 0.0799. The molecule has 2 amide bonds. The van der Waals surface area contributed by atoms with Crippen molar-refractivity contribution in [1.29, 1.82) is 0 Å². The SMILES string of the molecule is O=C(CSc1ccccc1C(=O)NC1C2CCOC2C12CCC2)Nc1ccc(F)cc1. The normalized spacial score (nSPS) is 25.3. The van der Waals surface area contributed by atoms with E-state index in [1.54, 1.807) is 0 Å². The third-order valence-corrected chi connectivity index (χ3v) is 8.01. The van der Waals surface area contributed by atoms with Crippen LogP contribution in [0.5, 0.6) is 0 Å². The molecule has 1 spiro atoms. The minimum atomic E-state index is -0.349. The Balaban J connectivity index is 1.22. The predicted molar refractivity (Wildman–Crippen MR) is 118 cm³/mol. The molecule has 2 aromatic rings. The molecular weight excluding hydrogens is 415 g/mol. The number of carbonyl (C=O) groups excluding carboxylic acids is 2. The van der Waals surface area contributed by atoms with Gasteiger partial charge in [0.15, 0.2) is 0 Å². The van der Waals surface area contributed by atoms with Crippen LogP contribution in [-0.4, -0.2) is 36.3 Å². The molecule has 2 aliphatic carbocycles. The molecule has 7 heteroatoms. The lowest BCUT2D eigenvalue weighted by Gasteiger charge is -2.63. The first-order valence-electron chi connectivity index (χ1n) is 10.8. The Morgan fingerprint density at radius 2 is 1.90 bits per heavy atom. The van der Waals surface area contributed by atoms with Crippen LogP contribution in [0.25, 0.3) is 0 Å². The Kier molecular flexibility index (Phi) is 5.48. The second-order valence-electron chi connectivity index (χ2n) is 8.62. The minimum Gasteiger partial charge on any atom is -0.377 e. The summed E-state index contributed by atoms with van der Waals surface area (Å²) in [4.78, 5) is 26.2. The number of carbonyl (C=O) groups is 2. The van der Waals surface area contributed by atoms with E-state index in [1.807, 2.05) is 24.3 Å². The fraction of sp³-hybridized carbons (Fsp3) is 0.417. The van der Waals surface area contributed by atoms with Crippen LogP contribution in [0.1, 0.15) is 36.0 Å². The third kappa shape index (κ3) is 3.74. The third-order valence-electron chi connectivity index (χ3n) is 6.94. The lowest BCUT2D eigenvalue weighted by molar-refractivity contribution is -0.172. The summed E-state index contributed by atoms with van der Waals surface area (Å²) in [6, 6.07) is 13.2. The van der Waals surface area contributed by atoms with Gasteiger partial charge in [-0.2, -0.15) is 0 Å². The van der Waals surface area contributed by atoms with Gasteiger partial charge < -0.3 is 15.4 Å². The van der Waals surface area contributed by atoms with Gasteiger partial charge in [-0.1, -0.05) is 18.6 Å². The van der Waals surface area contributed by atoms with Gasteiger partial charge in [-0.05, 0) is 55.7 Å². The largest absolute Gasteiger partial charge is 0.377 e. The maximum absolute atomic E-state index is 13.2. The average molecular weight is 441 g/mol. The van der Waals surface area contributed by atoms with Gasteiger partial charge in [0.1, 0.15) is 5.82 Å². The zero-order valence-corrected chi connectivity index (χ0v) is 17.9. The molecule has 5 rings (SSSR count). The summed E-state index contributed by atoms with van der Waals surface area (Å²) in [7, 11) is 0. The van der Waals surface area contributed by atoms with Crippen molar-refractivity contribution in [1.82, 2.24) is 5.32 Å². The van der Waals surface area contributed by atoms with Crippen molar-refractivity contribution in [2.45, 2.75) is 42.7 Å². The van der Waals surface area contributed by atoms with Crippen LogP contribution in [-0.2, 0) is 9.53 Å². The van der Waals surface area contributed by atoms with Gasteiger partial charge in [-0.3, -0.25) is 9.59 Å². The molecule has 0 aromatic heterocycles. The van der Waals surface area contributed by atoms with Gasteiger partial charge in [0.25, 0.3) is 5.91 Å². The van der Waals surface area contributed by atoms with E-state index >= 15 is 0 Å². The van der Waals surface area contributed by atoms with Gasteiger partial charge in [-0.25, -0.2) is 4.39 Å². The highest BCUT2D eigenvalue weighted by molar-refractivity contribution is 8.00. The van der Waals surface area contributed by atoms with Crippen LogP contribution in [0, 0.1) is 17.2 Å². The van der Waals surface area contributed by atoms with E-state index in [0.29, 0.717) is 23.3 Å². The van der Waals surface area contributed by atoms with Gasteiger partial charge in [0.05, 0.1) is 17.4 Å². The highest BCUT2D eigenvalue weighted by atomic mass is 32.2. The van der Waals surface area contributed by atoms with Crippen LogP contribution in [0.4, 0.5) is 10.1 Å². The van der Waals surface area contributed by atoms with E-state index in [1.165, 1.54) is 42.4 Å². The topological polar surface area (TPSA) is 67.4 Å². The molecule has 2 aromatic carbocycles. The first-order chi connectivity index (χ1) is 15.1. The summed E-state index contributed by atoms with van der Waals surface area (Å²) in [5.74, 6) is -0.0505. The van der Waals surface area contributed by atoms with Crippen LogP contribution in [0.3, 0.4) is 0 Å². The van der Waals surface area contributed by atoms with Crippen molar-refractivity contribution in [3.05, 3.63) is 59.9 Å². The summed E-state index contributed by atoms with van der Waals surface area (Å²) >= 11 is 1.33. The number of benzene rings is 2. The Morgan fingerprint density at radius 3 is 2.65 bits per heavy atom. The summed E-state index contributed by atoms with van der Waals surface area (Å²) in [6.45, 7) is 0.791. The van der Waals surface area contributed by atoms with Crippen LogP contribution < -0.4 is 10.6 Å². The van der Waals surface area contributed by atoms with Gasteiger partial charge in [0.2, 0.25) is 5.91 Å². The summed E-state index contributed by atoms with van der Waals surface area (Å²) in [6.07, 6.45) is 4.77. The number of fused-ring (bicyclic) bond motifs is 2.